The first-order valence-corrected chi connectivity index (χ1v) is 7.24. The van der Waals surface area contributed by atoms with Crippen molar-refractivity contribution in [2.24, 2.45) is 0 Å². The van der Waals surface area contributed by atoms with Crippen LogP contribution < -0.4 is 0 Å². The summed E-state index contributed by atoms with van der Waals surface area (Å²) in [4.78, 5) is 11.3. The first kappa shape index (κ1) is 12.1. The monoisotopic (exact) mass is 274 g/mol. The van der Waals surface area contributed by atoms with Crippen LogP contribution in [0.3, 0.4) is 0 Å². The first-order chi connectivity index (χ1) is 9.77. The highest BCUT2D eigenvalue weighted by Crippen LogP contribution is 2.40. The molecule has 0 N–H and O–H groups in total. The molecule has 2 saturated heterocycles. The van der Waals surface area contributed by atoms with E-state index in [9.17, 15) is 0 Å². The maximum Gasteiger partial charge on any atom is 0.234 e. The van der Waals surface area contributed by atoms with Gasteiger partial charge in [-0.05, 0) is 45.7 Å². The topological polar surface area (TPSA) is 68.2 Å². The number of nitrogens with zero attached hydrogens (tertiary/aromatic N) is 4. The number of aromatic nitrogens is 3. The van der Waals surface area contributed by atoms with E-state index in [4.69, 9.17) is 8.94 Å². The van der Waals surface area contributed by atoms with Crippen LogP contribution in [-0.4, -0.2) is 39.7 Å². The van der Waals surface area contributed by atoms with E-state index in [0.717, 1.165) is 31.0 Å². The Balaban J connectivity index is 1.69. The molecule has 0 aliphatic carbocycles. The summed E-state index contributed by atoms with van der Waals surface area (Å²) in [5.41, 5.74) is 0.735. The lowest BCUT2D eigenvalue weighted by Gasteiger charge is -2.44. The van der Waals surface area contributed by atoms with E-state index in [1.165, 1.54) is 32.3 Å². The number of hydrogen-bond acceptors (Lipinski definition) is 6. The first-order valence-electron chi connectivity index (χ1n) is 7.24. The zero-order valence-corrected chi connectivity index (χ0v) is 11.6. The van der Waals surface area contributed by atoms with E-state index in [1.54, 1.807) is 0 Å². The van der Waals surface area contributed by atoms with Gasteiger partial charge in [0.15, 0.2) is 12.1 Å². The molecule has 2 aliphatic rings. The van der Waals surface area contributed by atoms with Crippen molar-refractivity contribution in [2.75, 3.05) is 19.6 Å². The van der Waals surface area contributed by atoms with Gasteiger partial charge in [-0.3, -0.25) is 0 Å². The molecule has 2 aromatic heterocycles. The second-order valence-electron chi connectivity index (χ2n) is 5.94. The molecule has 2 aromatic rings. The van der Waals surface area contributed by atoms with Crippen LogP contribution in [0.1, 0.15) is 37.3 Å². The molecule has 2 fully saturated rings. The largest absolute Gasteiger partial charge is 0.448 e. The van der Waals surface area contributed by atoms with Gasteiger partial charge in [0.2, 0.25) is 11.7 Å². The van der Waals surface area contributed by atoms with Gasteiger partial charge >= 0.3 is 0 Å². The van der Waals surface area contributed by atoms with Crippen molar-refractivity contribution in [3.8, 4) is 11.5 Å². The fourth-order valence-electron chi connectivity index (χ4n) is 3.60. The van der Waals surface area contributed by atoms with Crippen LogP contribution in [0, 0.1) is 6.92 Å². The van der Waals surface area contributed by atoms with Crippen LogP contribution in [-0.2, 0) is 5.41 Å². The molecule has 6 nitrogen and oxygen atoms in total. The smallest absolute Gasteiger partial charge is 0.234 e. The summed E-state index contributed by atoms with van der Waals surface area (Å²) >= 11 is 0. The minimum absolute atomic E-state index is 0.0550. The van der Waals surface area contributed by atoms with Crippen molar-refractivity contribution in [1.29, 1.82) is 0 Å². The van der Waals surface area contributed by atoms with Gasteiger partial charge in [-0.15, -0.1) is 0 Å². The van der Waals surface area contributed by atoms with Gasteiger partial charge in [0.1, 0.15) is 5.76 Å². The van der Waals surface area contributed by atoms with E-state index in [1.807, 2.05) is 6.92 Å². The lowest BCUT2D eigenvalue weighted by atomic mass is 9.73. The molecule has 20 heavy (non-hydrogen) atoms. The van der Waals surface area contributed by atoms with Gasteiger partial charge in [-0.1, -0.05) is 5.16 Å². The quantitative estimate of drug-likeness (QED) is 0.836. The molecule has 4 rings (SSSR count). The summed E-state index contributed by atoms with van der Waals surface area (Å²) < 4.78 is 10.8. The highest BCUT2D eigenvalue weighted by Gasteiger charge is 2.44. The average molecular weight is 274 g/mol. The van der Waals surface area contributed by atoms with Crippen molar-refractivity contribution >= 4 is 0 Å². The molecule has 0 radical (unpaired) electrons. The molecule has 4 heterocycles. The van der Waals surface area contributed by atoms with Gasteiger partial charge in [-0.25, -0.2) is 4.98 Å². The Hall–Kier alpha value is -1.69. The fraction of sp³-hybridized carbons (Fsp3) is 0.643. The summed E-state index contributed by atoms with van der Waals surface area (Å²) in [5, 5.41) is 4.11. The maximum absolute atomic E-state index is 5.59. The highest BCUT2D eigenvalue weighted by atomic mass is 16.5. The predicted octanol–water partition coefficient (Wildman–Crippen LogP) is 2.16. The summed E-state index contributed by atoms with van der Waals surface area (Å²) in [6.45, 7) is 5.31. The molecule has 2 bridgehead atoms. The van der Waals surface area contributed by atoms with Crippen molar-refractivity contribution < 1.29 is 8.94 Å². The van der Waals surface area contributed by atoms with Crippen molar-refractivity contribution in [1.82, 2.24) is 20.0 Å². The van der Waals surface area contributed by atoms with E-state index in [0.29, 0.717) is 11.5 Å². The zero-order valence-electron chi connectivity index (χ0n) is 11.6. The number of fused-ring (bicyclic) bond motifs is 2. The molecule has 0 spiro atoms. The van der Waals surface area contributed by atoms with Gasteiger partial charge in [0.05, 0.1) is 5.41 Å². The number of oxazole rings is 1. The van der Waals surface area contributed by atoms with Crippen LogP contribution in [0.25, 0.3) is 11.5 Å². The summed E-state index contributed by atoms with van der Waals surface area (Å²) in [7, 11) is 0. The Morgan fingerprint density at radius 2 is 2.05 bits per heavy atom. The third-order valence-corrected chi connectivity index (χ3v) is 4.62. The van der Waals surface area contributed by atoms with E-state index >= 15 is 0 Å². The Bertz CT molecular complexity index is 608. The molecule has 0 saturated carbocycles. The lowest BCUT2D eigenvalue weighted by molar-refractivity contribution is 0.0711. The van der Waals surface area contributed by atoms with Gasteiger partial charge in [-0.2, -0.15) is 4.98 Å². The predicted molar refractivity (Wildman–Crippen MR) is 71.1 cm³/mol. The molecule has 2 aliphatic heterocycles. The van der Waals surface area contributed by atoms with Crippen LogP contribution >= 0.6 is 0 Å². The van der Waals surface area contributed by atoms with Crippen LogP contribution in [0.15, 0.2) is 15.3 Å². The normalized spacial score (nSPS) is 29.6. The third-order valence-electron chi connectivity index (χ3n) is 4.62. The maximum atomic E-state index is 5.59. The number of rotatable bonds is 2. The molecular weight excluding hydrogens is 256 g/mol. The standard InChI is InChI=1S/C14H18N4O2/c1-10-11(15-9-19-10)12-16-13(20-17-12)14-4-2-6-18(8-14)7-3-5-14/h9H,2-8H2,1H3. The summed E-state index contributed by atoms with van der Waals surface area (Å²) in [6.07, 6.45) is 6.12. The minimum Gasteiger partial charge on any atom is -0.448 e. The molecule has 0 aromatic carbocycles. The van der Waals surface area contributed by atoms with Crippen LogP contribution in [0.4, 0.5) is 0 Å². The molecule has 0 unspecified atom stereocenters. The fourth-order valence-corrected chi connectivity index (χ4v) is 3.60. The third kappa shape index (κ3) is 1.78. The summed E-state index contributed by atoms with van der Waals surface area (Å²) in [5.74, 6) is 2.05. The van der Waals surface area contributed by atoms with E-state index in [2.05, 4.69) is 20.0 Å². The minimum atomic E-state index is 0.0550. The molecule has 106 valence electrons. The zero-order chi connectivity index (χ0) is 13.6. The number of hydrogen-bond donors (Lipinski definition) is 0. The van der Waals surface area contributed by atoms with Gasteiger partial charge in [0, 0.05) is 6.54 Å². The number of piperidine rings is 2. The molecule has 6 heteroatoms. The Kier molecular flexibility index (Phi) is 2.66. The molecule has 0 amide bonds. The molecule has 0 atom stereocenters. The second kappa shape index (κ2) is 4.41. The van der Waals surface area contributed by atoms with Crippen molar-refractivity contribution in [2.45, 2.75) is 38.0 Å². The second-order valence-corrected chi connectivity index (χ2v) is 5.94. The van der Waals surface area contributed by atoms with E-state index < -0.39 is 0 Å². The van der Waals surface area contributed by atoms with E-state index in [-0.39, 0.29) is 5.41 Å². The SMILES string of the molecule is Cc1ocnc1-c1noc(C23CCCN(CCC2)C3)n1. The molecular formula is C14H18N4O2. The Morgan fingerprint density at radius 3 is 2.75 bits per heavy atom. The Morgan fingerprint density at radius 1 is 1.25 bits per heavy atom. The summed E-state index contributed by atoms with van der Waals surface area (Å²) in [6, 6.07) is 0. The van der Waals surface area contributed by atoms with Gasteiger partial charge < -0.3 is 13.8 Å². The Labute approximate surface area is 117 Å². The van der Waals surface area contributed by atoms with Crippen LogP contribution in [0.5, 0.6) is 0 Å². The van der Waals surface area contributed by atoms with Gasteiger partial charge in [0.25, 0.3) is 0 Å². The van der Waals surface area contributed by atoms with Crippen molar-refractivity contribution in [3.63, 3.8) is 0 Å². The van der Waals surface area contributed by atoms with Crippen LogP contribution in [0.2, 0.25) is 0 Å². The highest BCUT2D eigenvalue weighted by molar-refractivity contribution is 5.50. The lowest BCUT2D eigenvalue weighted by Crippen LogP contribution is -2.50. The van der Waals surface area contributed by atoms with Crippen molar-refractivity contribution in [3.05, 3.63) is 18.0 Å². The average Bonchev–Trinajstić information content (AvgIpc) is 3.07. The number of aryl methyl sites for hydroxylation is 1.